The fourth-order valence-corrected chi connectivity index (χ4v) is 3.75. The smallest absolute Gasteiger partial charge is 0.296 e. The van der Waals surface area contributed by atoms with Crippen molar-refractivity contribution in [3.05, 3.63) is 77.6 Å². The molecule has 4 aromatic rings. The van der Waals surface area contributed by atoms with E-state index in [0.29, 0.717) is 31.5 Å². The van der Waals surface area contributed by atoms with Gasteiger partial charge in [-0.1, -0.05) is 36.4 Å². The molecule has 2 aromatic heterocycles. The minimum atomic E-state index is -0.658. The lowest BCUT2D eigenvalue weighted by Crippen LogP contribution is -2.28. The normalized spacial score (nSPS) is 10.7. The second-order valence-corrected chi connectivity index (χ2v) is 7.87. The summed E-state index contributed by atoms with van der Waals surface area (Å²) in [4.78, 5) is 47.9. The average molecular weight is 472 g/mol. The lowest BCUT2D eigenvalue weighted by Gasteiger charge is -2.11. The molecular weight excluding hydrogens is 446 g/mol. The van der Waals surface area contributed by atoms with Crippen LogP contribution in [0.3, 0.4) is 0 Å². The van der Waals surface area contributed by atoms with Gasteiger partial charge < -0.3 is 27.1 Å². The Kier molecular flexibility index (Phi) is 7.01. The molecule has 2 aromatic carbocycles. The van der Waals surface area contributed by atoms with Crippen molar-refractivity contribution in [3.8, 4) is 0 Å². The molecule has 35 heavy (non-hydrogen) atoms. The second kappa shape index (κ2) is 10.5. The highest BCUT2D eigenvalue weighted by Gasteiger charge is 2.15. The van der Waals surface area contributed by atoms with E-state index in [0.717, 1.165) is 21.8 Å². The standard InChI is InChI=1S/C25H25N7O3/c26-25(27)32-23(34)20-12-11-19(31-20)22(33)28-13-5-6-14-29-24(35)21-15-7-1-3-9-17(15)30-18-10-4-2-8-16(18)21/h1-4,7-12,31H,5-6,13-14H2,(H,28,33)(H,29,35)(H4,26,27,32,34). The van der Waals surface area contributed by atoms with E-state index in [2.05, 4.69) is 25.6 Å². The first-order chi connectivity index (χ1) is 16.9. The first kappa shape index (κ1) is 23.4. The van der Waals surface area contributed by atoms with E-state index in [9.17, 15) is 14.4 Å². The first-order valence-corrected chi connectivity index (χ1v) is 11.1. The summed E-state index contributed by atoms with van der Waals surface area (Å²) in [5, 5.41) is 7.36. The van der Waals surface area contributed by atoms with Crippen LogP contribution in [0.15, 0.2) is 65.7 Å². The third-order valence-electron chi connectivity index (χ3n) is 5.38. The van der Waals surface area contributed by atoms with Gasteiger partial charge in [0, 0.05) is 23.9 Å². The van der Waals surface area contributed by atoms with Crippen LogP contribution < -0.4 is 22.1 Å². The Labute approximate surface area is 200 Å². The third kappa shape index (κ3) is 5.44. The van der Waals surface area contributed by atoms with Crippen molar-refractivity contribution >= 4 is 45.5 Å². The van der Waals surface area contributed by atoms with Crippen molar-refractivity contribution in [2.75, 3.05) is 13.1 Å². The van der Waals surface area contributed by atoms with Gasteiger partial charge >= 0.3 is 0 Å². The highest BCUT2D eigenvalue weighted by Crippen LogP contribution is 2.25. The van der Waals surface area contributed by atoms with E-state index in [1.807, 2.05) is 48.5 Å². The number of nitrogens with zero attached hydrogens (tertiary/aromatic N) is 2. The lowest BCUT2D eigenvalue weighted by molar-refractivity contribution is 0.0938. The Morgan fingerprint density at radius 2 is 1.31 bits per heavy atom. The maximum Gasteiger partial charge on any atom is 0.296 e. The van der Waals surface area contributed by atoms with Gasteiger partial charge in [0.15, 0.2) is 5.96 Å². The summed E-state index contributed by atoms with van der Waals surface area (Å²) in [5.41, 5.74) is 12.9. The number of nitrogens with two attached hydrogens (primary N) is 2. The number of guanidine groups is 1. The molecule has 0 atom stereocenters. The molecule has 0 fully saturated rings. The van der Waals surface area contributed by atoms with E-state index >= 15 is 0 Å². The fourth-order valence-electron chi connectivity index (χ4n) is 3.75. The van der Waals surface area contributed by atoms with Gasteiger partial charge in [-0.05, 0) is 37.1 Å². The Hall–Kier alpha value is -4.73. The second-order valence-electron chi connectivity index (χ2n) is 7.87. The zero-order valence-corrected chi connectivity index (χ0v) is 18.9. The van der Waals surface area contributed by atoms with Gasteiger partial charge in [0.2, 0.25) is 0 Å². The van der Waals surface area contributed by atoms with Crippen LogP contribution in [0.4, 0.5) is 0 Å². The van der Waals surface area contributed by atoms with Gasteiger partial charge in [0.05, 0.1) is 16.6 Å². The van der Waals surface area contributed by atoms with Gasteiger partial charge in [-0.3, -0.25) is 14.4 Å². The molecule has 0 aliphatic heterocycles. The number of nitrogens with one attached hydrogen (secondary N) is 3. The molecule has 178 valence electrons. The summed E-state index contributed by atoms with van der Waals surface area (Å²) in [6, 6.07) is 18.1. The van der Waals surface area contributed by atoms with Crippen LogP contribution in [-0.4, -0.2) is 46.7 Å². The van der Waals surface area contributed by atoms with Gasteiger partial charge in [0.25, 0.3) is 17.7 Å². The molecule has 0 unspecified atom stereocenters. The van der Waals surface area contributed by atoms with Crippen molar-refractivity contribution in [2.24, 2.45) is 16.5 Å². The molecule has 0 aliphatic carbocycles. The fraction of sp³-hybridized carbons (Fsp3) is 0.160. The zero-order chi connectivity index (χ0) is 24.8. The number of aliphatic imine (C=N–C) groups is 1. The van der Waals surface area contributed by atoms with Crippen molar-refractivity contribution in [1.82, 2.24) is 20.6 Å². The van der Waals surface area contributed by atoms with Crippen LogP contribution in [0, 0.1) is 0 Å². The van der Waals surface area contributed by atoms with E-state index in [1.165, 1.54) is 12.1 Å². The Morgan fingerprint density at radius 1 is 0.771 bits per heavy atom. The van der Waals surface area contributed by atoms with Crippen LogP contribution in [0.2, 0.25) is 0 Å². The summed E-state index contributed by atoms with van der Waals surface area (Å²) in [5.74, 6) is -1.52. The first-order valence-electron chi connectivity index (χ1n) is 11.1. The zero-order valence-electron chi connectivity index (χ0n) is 18.9. The van der Waals surface area contributed by atoms with Gasteiger partial charge in [-0.2, -0.15) is 4.99 Å². The number of carbonyl (C=O) groups is 3. The van der Waals surface area contributed by atoms with Crippen LogP contribution in [0.1, 0.15) is 44.2 Å². The molecule has 7 N–H and O–H groups in total. The monoisotopic (exact) mass is 471 g/mol. The van der Waals surface area contributed by atoms with Crippen molar-refractivity contribution in [2.45, 2.75) is 12.8 Å². The van der Waals surface area contributed by atoms with Crippen LogP contribution in [0.5, 0.6) is 0 Å². The number of fused-ring (bicyclic) bond motifs is 2. The number of hydrogen-bond donors (Lipinski definition) is 5. The number of amides is 3. The average Bonchev–Trinajstić information content (AvgIpc) is 3.34. The highest BCUT2D eigenvalue weighted by atomic mass is 16.2. The van der Waals surface area contributed by atoms with Crippen LogP contribution >= 0.6 is 0 Å². The predicted octanol–water partition coefficient (Wildman–Crippen LogP) is 2.07. The van der Waals surface area contributed by atoms with E-state index in [1.54, 1.807) is 0 Å². The molecule has 10 heteroatoms. The minimum Gasteiger partial charge on any atom is -0.370 e. The van der Waals surface area contributed by atoms with Crippen molar-refractivity contribution in [1.29, 1.82) is 0 Å². The summed E-state index contributed by atoms with van der Waals surface area (Å²) in [7, 11) is 0. The Balaban J connectivity index is 1.29. The lowest BCUT2D eigenvalue weighted by atomic mass is 10.0. The number of carbonyl (C=O) groups excluding carboxylic acids is 3. The number of rotatable bonds is 8. The van der Waals surface area contributed by atoms with Crippen molar-refractivity contribution < 1.29 is 14.4 Å². The molecule has 0 aliphatic rings. The molecular formula is C25H25N7O3. The van der Waals surface area contributed by atoms with Crippen molar-refractivity contribution in [3.63, 3.8) is 0 Å². The molecule has 0 spiro atoms. The van der Waals surface area contributed by atoms with Gasteiger partial charge in [-0.25, -0.2) is 4.98 Å². The predicted molar refractivity (Wildman–Crippen MR) is 134 cm³/mol. The number of unbranched alkanes of at least 4 members (excludes halogenated alkanes) is 1. The number of hydrogen-bond acceptors (Lipinski definition) is 4. The number of pyridine rings is 1. The largest absolute Gasteiger partial charge is 0.370 e. The summed E-state index contributed by atoms with van der Waals surface area (Å²) >= 11 is 0. The van der Waals surface area contributed by atoms with Crippen LogP contribution in [0.25, 0.3) is 21.8 Å². The summed E-state index contributed by atoms with van der Waals surface area (Å²) < 4.78 is 0. The summed E-state index contributed by atoms with van der Waals surface area (Å²) in [6.45, 7) is 0.866. The third-order valence-corrected chi connectivity index (χ3v) is 5.38. The minimum absolute atomic E-state index is 0.113. The van der Waals surface area contributed by atoms with E-state index < -0.39 is 5.91 Å². The van der Waals surface area contributed by atoms with Gasteiger partial charge in [0.1, 0.15) is 11.4 Å². The maximum atomic E-state index is 13.1. The van der Waals surface area contributed by atoms with Gasteiger partial charge in [-0.15, -0.1) is 0 Å². The number of para-hydroxylation sites is 2. The molecule has 0 bridgehead atoms. The number of benzene rings is 2. The number of H-pyrrole nitrogens is 1. The van der Waals surface area contributed by atoms with Crippen LogP contribution in [-0.2, 0) is 0 Å². The molecule has 0 saturated carbocycles. The topological polar surface area (TPSA) is 168 Å². The molecule has 4 rings (SSSR count). The molecule has 3 amide bonds. The van der Waals surface area contributed by atoms with E-state index in [-0.39, 0.29) is 29.2 Å². The highest BCUT2D eigenvalue weighted by molar-refractivity contribution is 6.16. The molecule has 0 saturated heterocycles. The summed E-state index contributed by atoms with van der Waals surface area (Å²) in [6.07, 6.45) is 1.33. The SMILES string of the molecule is NC(N)=NC(=O)c1ccc(C(=O)NCCCCNC(=O)c2c3ccccc3nc3ccccc23)[nH]1. The molecule has 2 heterocycles. The molecule has 0 radical (unpaired) electrons. The Morgan fingerprint density at radius 3 is 1.91 bits per heavy atom. The number of aromatic nitrogens is 2. The van der Waals surface area contributed by atoms with E-state index in [4.69, 9.17) is 11.5 Å². The maximum absolute atomic E-state index is 13.1. The Bertz CT molecular complexity index is 1380. The molecule has 10 nitrogen and oxygen atoms in total. The number of aromatic amines is 1. The quantitative estimate of drug-likeness (QED) is 0.114.